The Balaban J connectivity index is 2.34. The predicted molar refractivity (Wildman–Crippen MR) is 60.8 cm³/mol. The monoisotopic (exact) mass is 213 g/mol. The molecule has 1 rings (SSSR count). The van der Waals surface area contributed by atoms with Crippen molar-refractivity contribution in [2.24, 2.45) is 0 Å². The van der Waals surface area contributed by atoms with Crippen LogP contribution in [0.15, 0.2) is 0 Å². The number of hydrogen-bond acceptors (Lipinski definition) is 3. The molecule has 3 nitrogen and oxygen atoms in total. The first-order valence-corrected chi connectivity index (χ1v) is 5.96. The van der Waals surface area contributed by atoms with Crippen molar-refractivity contribution < 1.29 is 9.90 Å². The Labute approximate surface area is 92.5 Å². The SMILES string of the molecule is CC(=O)C(O)CC[C@@H]1CCCN1C(C)C. The van der Waals surface area contributed by atoms with Crippen molar-refractivity contribution in [1.29, 1.82) is 0 Å². The second-order valence-electron chi connectivity index (χ2n) is 4.83. The van der Waals surface area contributed by atoms with Crippen molar-refractivity contribution in [3.05, 3.63) is 0 Å². The number of rotatable bonds is 5. The van der Waals surface area contributed by atoms with Crippen LogP contribution in [0.4, 0.5) is 0 Å². The van der Waals surface area contributed by atoms with Crippen molar-refractivity contribution >= 4 is 5.78 Å². The Kier molecular flexibility index (Phi) is 4.74. The van der Waals surface area contributed by atoms with Gasteiger partial charge in [0.2, 0.25) is 0 Å². The van der Waals surface area contributed by atoms with Crippen molar-refractivity contribution in [3.8, 4) is 0 Å². The molecule has 1 saturated heterocycles. The molecule has 2 atom stereocenters. The van der Waals surface area contributed by atoms with E-state index in [1.807, 2.05) is 0 Å². The summed E-state index contributed by atoms with van der Waals surface area (Å²) in [6.07, 6.45) is 3.27. The van der Waals surface area contributed by atoms with E-state index in [-0.39, 0.29) is 5.78 Å². The van der Waals surface area contributed by atoms with E-state index < -0.39 is 6.10 Å². The van der Waals surface area contributed by atoms with Crippen molar-refractivity contribution in [3.63, 3.8) is 0 Å². The first-order chi connectivity index (χ1) is 7.02. The van der Waals surface area contributed by atoms with E-state index in [0.29, 0.717) is 18.5 Å². The average Bonchev–Trinajstić information content (AvgIpc) is 2.61. The van der Waals surface area contributed by atoms with Crippen LogP contribution in [0.2, 0.25) is 0 Å². The lowest BCUT2D eigenvalue weighted by Crippen LogP contribution is -2.36. The molecule has 1 aliphatic heterocycles. The van der Waals surface area contributed by atoms with Gasteiger partial charge in [-0.25, -0.2) is 0 Å². The van der Waals surface area contributed by atoms with Crippen molar-refractivity contribution in [2.45, 2.75) is 64.6 Å². The summed E-state index contributed by atoms with van der Waals surface area (Å²) < 4.78 is 0. The Bertz CT molecular complexity index is 216. The smallest absolute Gasteiger partial charge is 0.158 e. The van der Waals surface area contributed by atoms with Gasteiger partial charge in [0, 0.05) is 12.1 Å². The van der Waals surface area contributed by atoms with Gasteiger partial charge in [0.15, 0.2) is 5.78 Å². The molecule has 0 amide bonds. The molecule has 0 saturated carbocycles. The largest absolute Gasteiger partial charge is 0.385 e. The van der Waals surface area contributed by atoms with Crippen LogP contribution < -0.4 is 0 Å². The first kappa shape index (κ1) is 12.7. The molecule has 0 bridgehead atoms. The average molecular weight is 213 g/mol. The standard InChI is InChI=1S/C12H23NO2/c1-9(2)13-8-4-5-11(13)6-7-12(15)10(3)14/h9,11-12,15H,4-8H2,1-3H3/t11-,12?/m0/s1. The number of likely N-dealkylation sites (tertiary alicyclic amines) is 1. The highest BCUT2D eigenvalue weighted by atomic mass is 16.3. The second kappa shape index (κ2) is 5.61. The first-order valence-electron chi connectivity index (χ1n) is 5.96. The molecule has 88 valence electrons. The minimum Gasteiger partial charge on any atom is -0.385 e. The van der Waals surface area contributed by atoms with E-state index >= 15 is 0 Å². The van der Waals surface area contributed by atoms with Gasteiger partial charge < -0.3 is 5.11 Å². The van der Waals surface area contributed by atoms with Crippen molar-refractivity contribution in [1.82, 2.24) is 4.90 Å². The van der Waals surface area contributed by atoms with Crippen LogP contribution in [-0.2, 0) is 4.79 Å². The molecule has 1 N–H and O–H groups in total. The minimum atomic E-state index is -0.750. The van der Waals surface area contributed by atoms with Crippen LogP contribution in [0, 0.1) is 0 Å². The summed E-state index contributed by atoms with van der Waals surface area (Å²) >= 11 is 0. The Morgan fingerprint density at radius 1 is 1.53 bits per heavy atom. The number of nitrogens with zero attached hydrogens (tertiary/aromatic N) is 1. The van der Waals surface area contributed by atoms with Gasteiger partial charge in [0.05, 0.1) is 0 Å². The van der Waals surface area contributed by atoms with E-state index in [2.05, 4.69) is 18.7 Å². The second-order valence-corrected chi connectivity index (χ2v) is 4.83. The summed E-state index contributed by atoms with van der Waals surface area (Å²) in [5, 5.41) is 9.44. The number of ketones is 1. The number of aliphatic hydroxyl groups is 1. The van der Waals surface area contributed by atoms with Gasteiger partial charge in [-0.05, 0) is 53.0 Å². The molecule has 1 aliphatic rings. The van der Waals surface area contributed by atoms with Gasteiger partial charge in [0.25, 0.3) is 0 Å². The van der Waals surface area contributed by atoms with E-state index in [1.165, 1.54) is 26.3 Å². The van der Waals surface area contributed by atoms with Gasteiger partial charge in [0.1, 0.15) is 6.10 Å². The van der Waals surface area contributed by atoms with E-state index in [1.54, 1.807) is 0 Å². The molecule has 1 unspecified atom stereocenters. The summed E-state index contributed by atoms with van der Waals surface area (Å²) in [5.41, 5.74) is 0. The van der Waals surface area contributed by atoms with Crippen molar-refractivity contribution in [2.75, 3.05) is 6.54 Å². The van der Waals surface area contributed by atoms with Gasteiger partial charge in [-0.15, -0.1) is 0 Å². The topological polar surface area (TPSA) is 40.5 Å². The fourth-order valence-electron chi connectivity index (χ4n) is 2.40. The summed E-state index contributed by atoms with van der Waals surface area (Å²) in [6.45, 7) is 7.04. The summed E-state index contributed by atoms with van der Waals surface area (Å²) in [5.74, 6) is -0.107. The molecule has 1 fully saturated rings. The van der Waals surface area contributed by atoms with Gasteiger partial charge >= 0.3 is 0 Å². The minimum absolute atomic E-state index is 0.107. The van der Waals surface area contributed by atoms with Crippen LogP contribution in [0.3, 0.4) is 0 Å². The third kappa shape index (κ3) is 3.58. The highest BCUT2D eigenvalue weighted by molar-refractivity contribution is 5.79. The number of carbonyl (C=O) groups excluding carboxylic acids is 1. The predicted octanol–water partition coefficient (Wildman–Crippen LogP) is 1.59. The molecule has 0 aromatic carbocycles. The maximum atomic E-state index is 10.9. The maximum absolute atomic E-state index is 10.9. The molecule has 0 radical (unpaired) electrons. The highest BCUT2D eigenvalue weighted by Crippen LogP contribution is 2.24. The molecule has 0 aromatic heterocycles. The van der Waals surface area contributed by atoms with Crippen LogP contribution >= 0.6 is 0 Å². The lowest BCUT2D eigenvalue weighted by molar-refractivity contribution is -0.125. The quantitative estimate of drug-likeness (QED) is 0.754. The molecule has 3 heteroatoms. The van der Waals surface area contributed by atoms with Crippen LogP contribution in [0.25, 0.3) is 0 Å². The normalized spacial score (nSPS) is 24.7. The molecule has 15 heavy (non-hydrogen) atoms. The Hall–Kier alpha value is -0.410. The van der Waals surface area contributed by atoms with Gasteiger partial charge in [-0.2, -0.15) is 0 Å². The summed E-state index contributed by atoms with van der Waals surface area (Å²) in [7, 11) is 0. The molecule has 0 aromatic rings. The number of hydrogen-bond donors (Lipinski definition) is 1. The van der Waals surface area contributed by atoms with Gasteiger partial charge in [-0.3, -0.25) is 9.69 Å². The van der Waals surface area contributed by atoms with Crippen LogP contribution in [-0.4, -0.2) is 40.5 Å². The molecule has 0 aliphatic carbocycles. The third-order valence-electron chi connectivity index (χ3n) is 3.33. The Morgan fingerprint density at radius 2 is 2.20 bits per heavy atom. The number of carbonyl (C=O) groups is 1. The maximum Gasteiger partial charge on any atom is 0.158 e. The molecular formula is C12H23NO2. The molecular weight excluding hydrogens is 190 g/mol. The fourth-order valence-corrected chi connectivity index (χ4v) is 2.40. The van der Waals surface area contributed by atoms with Gasteiger partial charge in [-0.1, -0.05) is 0 Å². The molecule has 1 heterocycles. The zero-order chi connectivity index (χ0) is 11.4. The lowest BCUT2D eigenvalue weighted by atomic mass is 10.0. The fraction of sp³-hybridized carbons (Fsp3) is 0.917. The zero-order valence-electron chi connectivity index (χ0n) is 10.1. The third-order valence-corrected chi connectivity index (χ3v) is 3.33. The van der Waals surface area contributed by atoms with E-state index in [0.717, 1.165) is 6.42 Å². The lowest BCUT2D eigenvalue weighted by Gasteiger charge is -2.28. The van der Waals surface area contributed by atoms with E-state index in [4.69, 9.17) is 0 Å². The Morgan fingerprint density at radius 3 is 2.73 bits per heavy atom. The van der Waals surface area contributed by atoms with Crippen LogP contribution in [0.5, 0.6) is 0 Å². The van der Waals surface area contributed by atoms with Crippen LogP contribution in [0.1, 0.15) is 46.5 Å². The van der Waals surface area contributed by atoms with E-state index in [9.17, 15) is 9.90 Å². The molecule has 0 spiro atoms. The zero-order valence-corrected chi connectivity index (χ0v) is 10.1. The number of aliphatic hydroxyl groups excluding tert-OH is 1. The highest BCUT2D eigenvalue weighted by Gasteiger charge is 2.26. The number of Topliss-reactive ketones (excluding diaryl/α,β-unsaturated/α-hetero) is 1. The summed E-state index contributed by atoms with van der Waals surface area (Å²) in [6, 6.07) is 1.14. The summed E-state index contributed by atoms with van der Waals surface area (Å²) in [4.78, 5) is 13.4.